The molecule has 1 saturated carbocycles. The van der Waals surface area contributed by atoms with Crippen molar-refractivity contribution in [1.29, 1.82) is 0 Å². The zero-order valence-corrected chi connectivity index (χ0v) is 6.21. The summed E-state index contributed by atoms with van der Waals surface area (Å²) in [5, 5.41) is 9.20. The molecule has 1 N–H and O–H groups in total. The smallest absolute Gasteiger partial charge is 0.163 e. The third-order valence-electron chi connectivity index (χ3n) is 2.23. The second-order valence-electron chi connectivity index (χ2n) is 3.04. The van der Waals surface area contributed by atoms with Gasteiger partial charge in [-0.15, -0.1) is 0 Å². The molecule has 2 nitrogen and oxygen atoms in total. The lowest BCUT2D eigenvalue weighted by molar-refractivity contribution is -0.114. The van der Waals surface area contributed by atoms with Gasteiger partial charge in [0, 0.05) is 12.0 Å². The summed E-state index contributed by atoms with van der Waals surface area (Å²) in [4.78, 5) is 11.1. The van der Waals surface area contributed by atoms with E-state index in [4.69, 9.17) is 0 Å². The van der Waals surface area contributed by atoms with Crippen LogP contribution in [0.4, 0.5) is 0 Å². The predicted molar refractivity (Wildman–Crippen MR) is 41.0 cm³/mol. The van der Waals surface area contributed by atoms with Crippen LogP contribution in [0.1, 0.15) is 19.3 Å². The topological polar surface area (TPSA) is 37.3 Å². The lowest BCUT2D eigenvalue weighted by Gasteiger charge is -2.10. The van der Waals surface area contributed by atoms with Gasteiger partial charge in [0.15, 0.2) is 5.78 Å². The monoisotopic (exact) mass is 150 g/mol. The summed E-state index contributed by atoms with van der Waals surface area (Å²) in [6, 6.07) is 0. The SMILES string of the molecule is O=C1CCC2=CCC(O)C=C12. The summed E-state index contributed by atoms with van der Waals surface area (Å²) in [6.45, 7) is 0. The maximum absolute atomic E-state index is 11.1. The number of aliphatic hydroxyl groups is 1. The highest BCUT2D eigenvalue weighted by atomic mass is 16.3. The van der Waals surface area contributed by atoms with E-state index >= 15 is 0 Å². The Morgan fingerprint density at radius 1 is 1.45 bits per heavy atom. The summed E-state index contributed by atoms with van der Waals surface area (Å²) >= 11 is 0. The van der Waals surface area contributed by atoms with E-state index in [2.05, 4.69) is 0 Å². The van der Waals surface area contributed by atoms with Gasteiger partial charge >= 0.3 is 0 Å². The summed E-state index contributed by atoms with van der Waals surface area (Å²) < 4.78 is 0. The number of hydrogen-bond donors (Lipinski definition) is 1. The largest absolute Gasteiger partial charge is 0.389 e. The lowest BCUT2D eigenvalue weighted by Crippen LogP contribution is -2.08. The molecule has 0 amide bonds. The Bertz CT molecular complexity index is 261. The van der Waals surface area contributed by atoms with Crippen molar-refractivity contribution >= 4 is 5.78 Å². The Morgan fingerprint density at radius 2 is 2.27 bits per heavy atom. The first kappa shape index (κ1) is 6.80. The molecule has 0 bridgehead atoms. The van der Waals surface area contributed by atoms with Crippen molar-refractivity contribution in [3.63, 3.8) is 0 Å². The van der Waals surface area contributed by atoms with Crippen LogP contribution in [0.2, 0.25) is 0 Å². The fourth-order valence-corrected chi connectivity index (χ4v) is 1.63. The van der Waals surface area contributed by atoms with Gasteiger partial charge in [0.1, 0.15) is 0 Å². The van der Waals surface area contributed by atoms with Crippen molar-refractivity contribution in [3.05, 3.63) is 23.3 Å². The molecule has 0 aromatic heterocycles. The van der Waals surface area contributed by atoms with Gasteiger partial charge < -0.3 is 5.11 Å². The number of rotatable bonds is 0. The molecule has 11 heavy (non-hydrogen) atoms. The Kier molecular flexibility index (Phi) is 1.43. The van der Waals surface area contributed by atoms with E-state index in [0.717, 1.165) is 17.6 Å². The first-order chi connectivity index (χ1) is 5.27. The molecule has 1 unspecified atom stereocenters. The average molecular weight is 150 g/mol. The van der Waals surface area contributed by atoms with Crippen LogP contribution in [0.3, 0.4) is 0 Å². The van der Waals surface area contributed by atoms with Gasteiger partial charge in [-0.25, -0.2) is 0 Å². The van der Waals surface area contributed by atoms with E-state index in [-0.39, 0.29) is 5.78 Å². The molecule has 58 valence electrons. The third-order valence-corrected chi connectivity index (χ3v) is 2.23. The zero-order valence-electron chi connectivity index (χ0n) is 6.21. The number of carbonyl (C=O) groups is 1. The van der Waals surface area contributed by atoms with Crippen LogP contribution in [0.25, 0.3) is 0 Å². The van der Waals surface area contributed by atoms with Gasteiger partial charge in [-0.3, -0.25) is 4.79 Å². The van der Waals surface area contributed by atoms with Crippen molar-refractivity contribution in [1.82, 2.24) is 0 Å². The molecule has 2 aliphatic rings. The van der Waals surface area contributed by atoms with Crippen LogP contribution in [-0.4, -0.2) is 17.0 Å². The maximum atomic E-state index is 11.1. The summed E-state index contributed by atoms with van der Waals surface area (Å²) in [6.07, 6.45) is 5.40. The van der Waals surface area contributed by atoms with E-state index < -0.39 is 6.10 Å². The van der Waals surface area contributed by atoms with Crippen molar-refractivity contribution in [2.45, 2.75) is 25.4 Å². The van der Waals surface area contributed by atoms with Crippen LogP contribution >= 0.6 is 0 Å². The van der Waals surface area contributed by atoms with E-state index in [1.54, 1.807) is 6.08 Å². The Balaban J connectivity index is 2.37. The summed E-state index contributed by atoms with van der Waals surface area (Å²) in [5.74, 6) is 0.190. The fraction of sp³-hybridized carbons (Fsp3) is 0.444. The molecule has 0 spiro atoms. The van der Waals surface area contributed by atoms with Crippen LogP contribution in [0, 0.1) is 0 Å². The summed E-state index contributed by atoms with van der Waals surface area (Å²) in [7, 11) is 0. The van der Waals surface area contributed by atoms with Crippen LogP contribution in [0.15, 0.2) is 23.3 Å². The normalized spacial score (nSPS) is 29.5. The first-order valence-corrected chi connectivity index (χ1v) is 3.90. The molecule has 0 radical (unpaired) electrons. The van der Waals surface area contributed by atoms with Crippen molar-refractivity contribution in [3.8, 4) is 0 Å². The third kappa shape index (κ3) is 1.03. The maximum Gasteiger partial charge on any atom is 0.163 e. The van der Waals surface area contributed by atoms with Crippen LogP contribution < -0.4 is 0 Å². The quantitative estimate of drug-likeness (QED) is 0.558. The average Bonchev–Trinajstić information content (AvgIpc) is 2.33. The Morgan fingerprint density at radius 3 is 3.09 bits per heavy atom. The lowest BCUT2D eigenvalue weighted by atomic mass is 9.99. The number of carbonyl (C=O) groups excluding carboxylic acids is 1. The molecule has 1 fully saturated rings. The highest BCUT2D eigenvalue weighted by Gasteiger charge is 2.25. The van der Waals surface area contributed by atoms with Crippen molar-refractivity contribution in [2.75, 3.05) is 0 Å². The predicted octanol–water partition coefficient (Wildman–Crippen LogP) is 0.967. The number of aliphatic hydroxyl groups excluding tert-OH is 1. The Labute approximate surface area is 65.2 Å². The van der Waals surface area contributed by atoms with Gasteiger partial charge in [0.2, 0.25) is 0 Å². The first-order valence-electron chi connectivity index (χ1n) is 3.90. The minimum atomic E-state index is -0.434. The number of Topliss-reactive ketones (excluding diaryl/α,β-unsaturated/α-hetero) is 1. The van der Waals surface area contributed by atoms with Crippen LogP contribution in [0.5, 0.6) is 0 Å². The van der Waals surface area contributed by atoms with Crippen molar-refractivity contribution in [2.24, 2.45) is 0 Å². The molecular formula is C9H10O2. The molecule has 1 atom stereocenters. The van der Waals surface area contributed by atoms with Gasteiger partial charge in [0.05, 0.1) is 6.10 Å². The van der Waals surface area contributed by atoms with Gasteiger partial charge in [-0.05, 0) is 24.5 Å². The van der Waals surface area contributed by atoms with E-state index in [0.29, 0.717) is 12.8 Å². The molecule has 2 rings (SSSR count). The molecule has 0 aromatic rings. The number of hydrogen-bond acceptors (Lipinski definition) is 2. The van der Waals surface area contributed by atoms with Crippen LogP contribution in [-0.2, 0) is 4.79 Å². The molecule has 2 aliphatic carbocycles. The molecule has 0 aromatic carbocycles. The van der Waals surface area contributed by atoms with E-state index in [1.807, 2.05) is 6.08 Å². The van der Waals surface area contributed by atoms with Crippen molar-refractivity contribution < 1.29 is 9.90 Å². The Hall–Kier alpha value is -0.890. The number of allylic oxidation sites excluding steroid dienone is 2. The second kappa shape index (κ2) is 2.31. The molecule has 0 saturated heterocycles. The van der Waals surface area contributed by atoms with Gasteiger partial charge in [-0.2, -0.15) is 0 Å². The zero-order chi connectivity index (χ0) is 7.84. The molecule has 2 heteroatoms. The van der Waals surface area contributed by atoms with Gasteiger partial charge in [-0.1, -0.05) is 6.08 Å². The number of fused-ring (bicyclic) bond motifs is 1. The molecule has 0 heterocycles. The molecular weight excluding hydrogens is 140 g/mol. The van der Waals surface area contributed by atoms with Gasteiger partial charge in [0.25, 0.3) is 0 Å². The fourth-order valence-electron chi connectivity index (χ4n) is 1.63. The van der Waals surface area contributed by atoms with E-state index in [1.165, 1.54) is 0 Å². The minimum Gasteiger partial charge on any atom is -0.389 e. The van der Waals surface area contributed by atoms with E-state index in [9.17, 15) is 9.90 Å². The summed E-state index contributed by atoms with van der Waals surface area (Å²) in [5.41, 5.74) is 1.91. The molecule has 0 aliphatic heterocycles. The second-order valence-corrected chi connectivity index (χ2v) is 3.04. The highest BCUT2D eigenvalue weighted by molar-refractivity contribution is 6.03. The minimum absolute atomic E-state index is 0.190. The highest BCUT2D eigenvalue weighted by Crippen LogP contribution is 2.31. The number of ketones is 1. The standard InChI is InChI=1S/C9H10O2/c10-7-3-1-6-2-4-9(11)8(6)5-7/h1,5,7,10H,2-4H2.